The molecule has 2 aliphatic heterocycles. The number of anilines is 1. The summed E-state index contributed by atoms with van der Waals surface area (Å²) in [6.07, 6.45) is 1.44. The number of hydrogen-bond acceptors (Lipinski definition) is 4. The van der Waals surface area contributed by atoms with Crippen LogP contribution in [0.25, 0.3) is 0 Å². The third-order valence-electron chi connectivity index (χ3n) is 3.64. The number of carbonyl (C=O) groups excluding carboxylic acids is 1. The van der Waals surface area contributed by atoms with E-state index in [4.69, 9.17) is 0 Å². The van der Waals surface area contributed by atoms with E-state index in [1.54, 1.807) is 6.07 Å². The van der Waals surface area contributed by atoms with Crippen LogP contribution in [-0.4, -0.2) is 38.4 Å². The van der Waals surface area contributed by atoms with Crippen molar-refractivity contribution in [2.75, 3.05) is 23.4 Å². The van der Waals surface area contributed by atoms with Gasteiger partial charge in [-0.25, -0.2) is 8.42 Å². The molecule has 1 saturated heterocycles. The molecule has 0 aromatic heterocycles. The largest absolute Gasteiger partial charge is 0.384 e. The van der Waals surface area contributed by atoms with Crippen molar-refractivity contribution in [3.63, 3.8) is 0 Å². The predicted molar refractivity (Wildman–Crippen MR) is 73.2 cm³/mol. The molecule has 1 aromatic rings. The van der Waals surface area contributed by atoms with E-state index in [9.17, 15) is 13.2 Å². The molecule has 2 heterocycles. The highest BCUT2D eigenvalue weighted by atomic mass is 32.2. The maximum absolute atomic E-state index is 12.1. The first-order chi connectivity index (χ1) is 9.03. The van der Waals surface area contributed by atoms with Gasteiger partial charge in [-0.15, -0.1) is 0 Å². The monoisotopic (exact) mass is 280 g/mol. The normalized spacial score (nSPS) is 23.7. The Bertz CT molecular complexity index is 625. The Kier molecular flexibility index (Phi) is 2.97. The summed E-state index contributed by atoms with van der Waals surface area (Å²) in [5.41, 5.74) is 2.83. The second-order valence-corrected chi connectivity index (χ2v) is 7.35. The standard InChI is InChI=1S/C13H16N2O3S/c16-13(15-11-4-6-19(17,18)8-11)10-1-2-12-9(7-10)3-5-14-12/h1-2,7,11,14H,3-6,8H2,(H,15,16). The number of hydrogen-bond donors (Lipinski definition) is 2. The number of amides is 1. The zero-order chi connectivity index (χ0) is 13.5. The molecular weight excluding hydrogens is 264 g/mol. The summed E-state index contributed by atoms with van der Waals surface area (Å²) < 4.78 is 22.7. The fraction of sp³-hybridized carbons (Fsp3) is 0.462. The summed E-state index contributed by atoms with van der Waals surface area (Å²) in [5.74, 6) is 0.0499. The van der Waals surface area contributed by atoms with Gasteiger partial charge >= 0.3 is 0 Å². The summed E-state index contributed by atoms with van der Waals surface area (Å²) in [7, 11) is -2.96. The number of benzene rings is 1. The van der Waals surface area contributed by atoms with Crippen LogP contribution in [-0.2, 0) is 16.3 Å². The molecule has 0 bridgehead atoms. The molecule has 1 amide bonds. The molecule has 102 valence electrons. The summed E-state index contributed by atoms with van der Waals surface area (Å²) in [4.78, 5) is 12.1. The highest BCUT2D eigenvalue weighted by molar-refractivity contribution is 7.91. The van der Waals surface area contributed by atoms with E-state index in [0.717, 1.165) is 24.2 Å². The predicted octanol–water partition coefficient (Wildman–Crippen LogP) is 0.571. The highest BCUT2D eigenvalue weighted by Gasteiger charge is 2.29. The molecule has 1 fully saturated rings. The number of nitrogens with one attached hydrogen (secondary N) is 2. The second-order valence-electron chi connectivity index (χ2n) is 5.12. The van der Waals surface area contributed by atoms with Crippen molar-refractivity contribution in [1.29, 1.82) is 0 Å². The van der Waals surface area contributed by atoms with Crippen LogP contribution in [0.1, 0.15) is 22.3 Å². The van der Waals surface area contributed by atoms with Gasteiger partial charge in [-0.3, -0.25) is 4.79 Å². The molecule has 1 unspecified atom stereocenters. The number of sulfone groups is 1. The average Bonchev–Trinajstić information content (AvgIpc) is 2.94. The molecular formula is C13H16N2O3S. The molecule has 0 radical (unpaired) electrons. The minimum atomic E-state index is -2.96. The van der Waals surface area contributed by atoms with Crippen molar-refractivity contribution in [2.24, 2.45) is 0 Å². The molecule has 1 aromatic carbocycles. The van der Waals surface area contributed by atoms with Crippen LogP contribution in [0.15, 0.2) is 18.2 Å². The van der Waals surface area contributed by atoms with Gasteiger partial charge in [-0.1, -0.05) is 0 Å². The minimum absolute atomic E-state index is 0.0608. The Morgan fingerprint density at radius 2 is 2.21 bits per heavy atom. The minimum Gasteiger partial charge on any atom is -0.384 e. The van der Waals surface area contributed by atoms with Crippen molar-refractivity contribution >= 4 is 21.4 Å². The van der Waals surface area contributed by atoms with Gasteiger partial charge in [0.15, 0.2) is 9.84 Å². The third kappa shape index (κ3) is 2.58. The summed E-state index contributed by atoms with van der Waals surface area (Å²) in [6, 6.07) is 5.32. The summed E-state index contributed by atoms with van der Waals surface area (Å²) in [6.45, 7) is 0.904. The molecule has 19 heavy (non-hydrogen) atoms. The van der Waals surface area contributed by atoms with Gasteiger partial charge in [0.05, 0.1) is 11.5 Å². The van der Waals surface area contributed by atoms with Crippen LogP contribution < -0.4 is 10.6 Å². The molecule has 0 aliphatic carbocycles. The lowest BCUT2D eigenvalue weighted by atomic mass is 10.1. The number of carbonyl (C=O) groups is 1. The zero-order valence-corrected chi connectivity index (χ0v) is 11.3. The lowest BCUT2D eigenvalue weighted by Gasteiger charge is -2.11. The van der Waals surface area contributed by atoms with E-state index in [0.29, 0.717) is 12.0 Å². The van der Waals surface area contributed by atoms with E-state index in [1.807, 2.05) is 12.1 Å². The first kappa shape index (κ1) is 12.5. The first-order valence-electron chi connectivity index (χ1n) is 6.42. The quantitative estimate of drug-likeness (QED) is 0.830. The average molecular weight is 280 g/mol. The molecule has 1 atom stereocenters. The lowest BCUT2D eigenvalue weighted by Crippen LogP contribution is -2.35. The third-order valence-corrected chi connectivity index (χ3v) is 5.41. The fourth-order valence-electron chi connectivity index (χ4n) is 2.62. The van der Waals surface area contributed by atoms with Gasteiger partial charge in [-0.2, -0.15) is 0 Å². The second kappa shape index (κ2) is 4.52. The van der Waals surface area contributed by atoms with Crippen molar-refractivity contribution < 1.29 is 13.2 Å². The van der Waals surface area contributed by atoms with E-state index in [1.165, 1.54) is 0 Å². The van der Waals surface area contributed by atoms with Crippen LogP contribution in [0.3, 0.4) is 0 Å². The van der Waals surface area contributed by atoms with Crippen LogP contribution in [0.5, 0.6) is 0 Å². The Morgan fingerprint density at radius 1 is 1.37 bits per heavy atom. The van der Waals surface area contributed by atoms with Crippen LogP contribution in [0.4, 0.5) is 5.69 Å². The topological polar surface area (TPSA) is 75.3 Å². The van der Waals surface area contributed by atoms with E-state index in [2.05, 4.69) is 10.6 Å². The molecule has 6 heteroatoms. The molecule has 5 nitrogen and oxygen atoms in total. The Labute approximate surface area is 112 Å². The molecule has 3 rings (SSSR count). The van der Waals surface area contributed by atoms with Gasteiger partial charge in [0.2, 0.25) is 0 Å². The maximum Gasteiger partial charge on any atom is 0.251 e. The summed E-state index contributed by atoms with van der Waals surface area (Å²) >= 11 is 0. The smallest absolute Gasteiger partial charge is 0.251 e. The highest BCUT2D eigenvalue weighted by Crippen LogP contribution is 2.23. The van der Waals surface area contributed by atoms with Gasteiger partial charge in [-0.05, 0) is 36.6 Å². The fourth-order valence-corrected chi connectivity index (χ4v) is 4.30. The first-order valence-corrected chi connectivity index (χ1v) is 8.24. The Hall–Kier alpha value is -1.56. The van der Waals surface area contributed by atoms with Crippen molar-refractivity contribution in [2.45, 2.75) is 18.9 Å². The lowest BCUT2D eigenvalue weighted by molar-refractivity contribution is 0.0941. The van der Waals surface area contributed by atoms with Gasteiger partial charge in [0, 0.05) is 23.8 Å². The molecule has 0 saturated carbocycles. The van der Waals surface area contributed by atoms with E-state index < -0.39 is 9.84 Å². The maximum atomic E-state index is 12.1. The van der Waals surface area contributed by atoms with Crippen LogP contribution in [0, 0.1) is 0 Å². The Morgan fingerprint density at radius 3 is 2.95 bits per heavy atom. The van der Waals surface area contributed by atoms with Gasteiger partial charge in [0.1, 0.15) is 0 Å². The number of rotatable bonds is 2. The van der Waals surface area contributed by atoms with E-state index >= 15 is 0 Å². The van der Waals surface area contributed by atoms with Crippen molar-refractivity contribution in [1.82, 2.24) is 5.32 Å². The molecule has 2 aliphatic rings. The van der Waals surface area contributed by atoms with Gasteiger partial charge < -0.3 is 10.6 Å². The van der Waals surface area contributed by atoms with E-state index in [-0.39, 0.29) is 23.5 Å². The molecule has 0 spiro atoms. The van der Waals surface area contributed by atoms with Gasteiger partial charge in [0.25, 0.3) is 5.91 Å². The zero-order valence-electron chi connectivity index (χ0n) is 10.5. The Balaban J connectivity index is 1.71. The van der Waals surface area contributed by atoms with Crippen LogP contribution >= 0.6 is 0 Å². The molecule has 2 N–H and O–H groups in total. The number of fused-ring (bicyclic) bond motifs is 1. The van der Waals surface area contributed by atoms with Crippen molar-refractivity contribution in [3.8, 4) is 0 Å². The van der Waals surface area contributed by atoms with Crippen LogP contribution in [0.2, 0.25) is 0 Å². The summed E-state index contributed by atoms with van der Waals surface area (Å²) in [5, 5.41) is 6.04. The SMILES string of the molecule is O=C(NC1CCS(=O)(=O)C1)c1ccc2c(c1)CCN2. The van der Waals surface area contributed by atoms with Crippen molar-refractivity contribution in [3.05, 3.63) is 29.3 Å².